The Morgan fingerprint density at radius 3 is 3.04 bits per heavy atom. The van der Waals surface area contributed by atoms with Crippen LogP contribution >= 0.6 is 0 Å². The minimum atomic E-state index is -0.111. The van der Waals surface area contributed by atoms with Gasteiger partial charge in [0.1, 0.15) is 6.61 Å². The van der Waals surface area contributed by atoms with E-state index in [9.17, 15) is 4.79 Å². The predicted octanol–water partition coefficient (Wildman–Crippen LogP) is 2.00. The molecule has 0 bridgehead atoms. The maximum Gasteiger partial charge on any atom is 0.228 e. The number of fused-ring (bicyclic) bond motifs is 1. The van der Waals surface area contributed by atoms with Crippen LogP contribution in [0, 0.1) is 5.92 Å². The van der Waals surface area contributed by atoms with Gasteiger partial charge in [-0.2, -0.15) is 5.10 Å². The molecule has 3 heterocycles. The van der Waals surface area contributed by atoms with E-state index >= 15 is 0 Å². The van der Waals surface area contributed by atoms with Crippen molar-refractivity contribution in [3.8, 4) is 11.5 Å². The Kier molecular flexibility index (Phi) is 4.79. The number of anilines is 1. The zero-order valence-corrected chi connectivity index (χ0v) is 14.9. The first-order valence-corrected chi connectivity index (χ1v) is 9.08. The standard InChI is InChI=1S/C19H24N4O3/c1-22-8-4-5-14(10-22)19(24)21-15-9-20-23(11-15)12-16-13-25-17-6-2-3-7-18(17)26-16/h2-3,6-7,9,11,14,16H,4-5,8,10,12-13H2,1H3,(H,21,24). The second-order valence-electron chi connectivity index (χ2n) is 7.04. The van der Waals surface area contributed by atoms with E-state index in [2.05, 4.69) is 22.4 Å². The van der Waals surface area contributed by atoms with Crippen molar-refractivity contribution in [2.24, 2.45) is 5.92 Å². The molecule has 1 aromatic carbocycles. The molecule has 138 valence electrons. The molecule has 1 fully saturated rings. The Morgan fingerprint density at radius 1 is 1.35 bits per heavy atom. The van der Waals surface area contributed by atoms with Crippen molar-refractivity contribution in [3.05, 3.63) is 36.7 Å². The third-order valence-electron chi connectivity index (χ3n) is 4.85. The van der Waals surface area contributed by atoms with Crippen LogP contribution in [0.5, 0.6) is 11.5 Å². The second-order valence-corrected chi connectivity index (χ2v) is 7.04. The molecule has 0 aliphatic carbocycles. The third kappa shape index (κ3) is 3.83. The van der Waals surface area contributed by atoms with Crippen LogP contribution in [-0.4, -0.2) is 53.4 Å². The molecule has 4 rings (SSSR count). The number of benzene rings is 1. The van der Waals surface area contributed by atoms with Crippen LogP contribution in [0.1, 0.15) is 12.8 Å². The van der Waals surface area contributed by atoms with Gasteiger partial charge in [0.25, 0.3) is 0 Å². The quantitative estimate of drug-likeness (QED) is 0.908. The third-order valence-corrected chi connectivity index (χ3v) is 4.85. The SMILES string of the molecule is CN1CCCC(C(=O)Nc2cnn(CC3COc4ccccc4O3)c2)C1. The fourth-order valence-electron chi connectivity index (χ4n) is 3.51. The zero-order valence-electron chi connectivity index (χ0n) is 14.9. The number of piperidine rings is 1. The van der Waals surface area contributed by atoms with Crippen molar-refractivity contribution >= 4 is 11.6 Å². The van der Waals surface area contributed by atoms with Gasteiger partial charge in [-0.25, -0.2) is 0 Å². The van der Waals surface area contributed by atoms with E-state index in [1.54, 1.807) is 10.9 Å². The van der Waals surface area contributed by atoms with Crippen molar-refractivity contribution in [2.45, 2.75) is 25.5 Å². The van der Waals surface area contributed by atoms with Crippen LogP contribution < -0.4 is 14.8 Å². The molecule has 7 nitrogen and oxygen atoms in total. The van der Waals surface area contributed by atoms with Gasteiger partial charge in [0.05, 0.1) is 24.3 Å². The summed E-state index contributed by atoms with van der Waals surface area (Å²) in [6.45, 7) is 2.92. The number of amides is 1. The summed E-state index contributed by atoms with van der Waals surface area (Å²) in [5.41, 5.74) is 0.723. The summed E-state index contributed by atoms with van der Waals surface area (Å²) in [6.07, 6.45) is 5.42. The smallest absolute Gasteiger partial charge is 0.228 e. The average Bonchev–Trinajstić information content (AvgIpc) is 3.08. The van der Waals surface area contributed by atoms with Crippen molar-refractivity contribution in [3.63, 3.8) is 0 Å². The number of para-hydroxylation sites is 2. The summed E-state index contributed by atoms with van der Waals surface area (Å²) in [5, 5.41) is 7.32. The fourth-order valence-corrected chi connectivity index (χ4v) is 3.51. The van der Waals surface area contributed by atoms with E-state index in [1.165, 1.54) is 0 Å². The number of nitrogens with one attached hydrogen (secondary N) is 1. The van der Waals surface area contributed by atoms with Gasteiger partial charge < -0.3 is 19.7 Å². The molecule has 26 heavy (non-hydrogen) atoms. The van der Waals surface area contributed by atoms with Crippen LogP contribution in [0.3, 0.4) is 0 Å². The minimum absolute atomic E-state index is 0.0451. The molecule has 7 heteroatoms. The summed E-state index contributed by atoms with van der Waals surface area (Å²) in [7, 11) is 2.06. The first kappa shape index (κ1) is 16.9. The topological polar surface area (TPSA) is 68.6 Å². The van der Waals surface area contributed by atoms with Crippen LogP contribution in [0.2, 0.25) is 0 Å². The number of likely N-dealkylation sites (tertiary alicyclic amines) is 1. The molecule has 1 amide bonds. The van der Waals surface area contributed by atoms with Crippen LogP contribution in [0.4, 0.5) is 5.69 Å². The number of aromatic nitrogens is 2. The number of carbonyl (C=O) groups excluding carboxylic acids is 1. The van der Waals surface area contributed by atoms with Crippen LogP contribution in [0.15, 0.2) is 36.7 Å². The molecule has 2 aliphatic heterocycles. The van der Waals surface area contributed by atoms with Gasteiger partial charge in [0.15, 0.2) is 17.6 Å². The molecule has 1 aromatic heterocycles. The summed E-state index contributed by atoms with van der Waals surface area (Å²) in [4.78, 5) is 14.6. The van der Waals surface area contributed by atoms with E-state index in [0.717, 1.165) is 43.1 Å². The highest BCUT2D eigenvalue weighted by molar-refractivity contribution is 5.92. The lowest BCUT2D eigenvalue weighted by molar-refractivity contribution is -0.121. The summed E-state index contributed by atoms with van der Waals surface area (Å²) >= 11 is 0. The largest absolute Gasteiger partial charge is 0.486 e. The molecular weight excluding hydrogens is 332 g/mol. The van der Waals surface area contributed by atoms with Gasteiger partial charge in [-0.1, -0.05) is 12.1 Å². The number of rotatable bonds is 4. The van der Waals surface area contributed by atoms with Crippen LogP contribution in [0.25, 0.3) is 0 Å². The molecule has 0 saturated carbocycles. The van der Waals surface area contributed by atoms with E-state index in [-0.39, 0.29) is 17.9 Å². The van der Waals surface area contributed by atoms with Crippen molar-refractivity contribution in [1.29, 1.82) is 0 Å². The second kappa shape index (κ2) is 7.37. The summed E-state index contributed by atoms with van der Waals surface area (Å²) in [5.74, 6) is 1.64. The Hall–Kier alpha value is -2.54. The van der Waals surface area contributed by atoms with Crippen molar-refractivity contribution in [1.82, 2.24) is 14.7 Å². The predicted molar refractivity (Wildman–Crippen MR) is 97.4 cm³/mol. The van der Waals surface area contributed by atoms with E-state index < -0.39 is 0 Å². The highest BCUT2D eigenvalue weighted by Gasteiger charge is 2.25. The highest BCUT2D eigenvalue weighted by atomic mass is 16.6. The fraction of sp³-hybridized carbons (Fsp3) is 0.474. The Bertz CT molecular complexity index is 776. The molecular formula is C19H24N4O3. The molecule has 2 atom stereocenters. The van der Waals surface area contributed by atoms with Crippen LogP contribution in [-0.2, 0) is 11.3 Å². The average molecular weight is 356 g/mol. The van der Waals surface area contributed by atoms with Gasteiger partial charge in [0, 0.05) is 12.7 Å². The molecule has 2 unspecified atom stereocenters. The lowest BCUT2D eigenvalue weighted by atomic mass is 9.97. The lowest BCUT2D eigenvalue weighted by Crippen LogP contribution is -2.38. The number of hydrogen-bond donors (Lipinski definition) is 1. The van der Waals surface area contributed by atoms with Gasteiger partial charge >= 0.3 is 0 Å². The van der Waals surface area contributed by atoms with E-state index in [4.69, 9.17) is 9.47 Å². The Labute approximate surface area is 152 Å². The maximum absolute atomic E-state index is 12.4. The van der Waals surface area contributed by atoms with Gasteiger partial charge in [0.2, 0.25) is 5.91 Å². The summed E-state index contributed by atoms with van der Waals surface area (Å²) < 4.78 is 13.5. The molecule has 0 radical (unpaired) electrons. The highest BCUT2D eigenvalue weighted by Crippen LogP contribution is 2.31. The number of ether oxygens (including phenoxy) is 2. The normalized spacial score (nSPS) is 22.8. The first-order valence-electron chi connectivity index (χ1n) is 9.08. The van der Waals surface area contributed by atoms with E-state index in [0.29, 0.717) is 13.2 Å². The van der Waals surface area contributed by atoms with Gasteiger partial charge in [-0.05, 0) is 38.6 Å². The number of carbonyl (C=O) groups is 1. The number of nitrogens with zero attached hydrogens (tertiary/aromatic N) is 3. The summed E-state index contributed by atoms with van der Waals surface area (Å²) in [6, 6.07) is 7.65. The molecule has 2 aliphatic rings. The molecule has 1 N–H and O–H groups in total. The first-order chi connectivity index (χ1) is 12.7. The molecule has 1 saturated heterocycles. The van der Waals surface area contributed by atoms with Gasteiger partial charge in [-0.15, -0.1) is 0 Å². The van der Waals surface area contributed by atoms with E-state index in [1.807, 2.05) is 30.5 Å². The van der Waals surface area contributed by atoms with Crippen molar-refractivity contribution < 1.29 is 14.3 Å². The number of hydrogen-bond acceptors (Lipinski definition) is 5. The van der Waals surface area contributed by atoms with Crippen molar-refractivity contribution in [2.75, 3.05) is 32.1 Å². The molecule has 2 aromatic rings. The molecule has 0 spiro atoms. The van der Waals surface area contributed by atoms with Gasteiger partial charge in [-0.3, -0.25) is 9.48 Å². The minimum Gasteiger partial charge on any atom is -0.486 e. The lowest BCUT2D eigenvalue weighted by Gasteiger charge is -2.28. The Balaban J connectivity index is 1.33. The monoisotopic (exact) mass is 356 g/mol. The Morgan fingerprint density at radius 2 is 2.19 bits per heavy atom. The zero-order chi connectivity index (χ0) is 17.9. The maximum atomic E-state index is 12.4.